The molecule has 6 rings (SSSR count). The largest absolute Gasteiger partial charge is 0.507 e. The molecule has 0 radical (unpaired) electrons. The number of hydrogen-bond donors (Lipinski definition) is 4. The molecule has 1 atom stereocenters. The van der Waals surface area contributed by atoms with Gasteiger partial charge in [-0.1, -0.05) is 25.3 Å². The number of H-pyrrole nitrogens is 1. The number of hydrogen-bond acceptors (Lipinski definition) is 8. The summed E-state index contributed by atoms with van der Waals surface area (Å²) in [7, 11) is 1.10. The van der Waals surface area contributed by atoms with Crippen LogP contribution in [0.25, 0.3) is 18.2 Å². The first-order chi connectivity index (χ1) is 21.4. The zero-order valence-electron chi connectivity index (χ0n) is 25.4. The van der Waals surface area contributed by atoms with Gasteiger partial charge in [-0.25, -0.2) is 24.6 Å². The van der Waals surface area contributed by atoms with Crippen molar-refractivity contribution >= 4 is 47.3 Å². The molecule has 0 saturated carbocycles. The number of esters is 1. The first-order valence-corrected chi connectivity index (χ1v) is 14.1. The van der Waals surface area contributed by atoms with Crippen LogP contribution in [0, 0.1) is 6.92 Å². The normalized spacial score (nSPS) is 22.1. The summed E-state index contributed by atoms with van der Waals surface area (Å²) in [4.78, 5) is 42.8. The number of aliphatic hydroxyl groups is 2. The van der Waals surface area contributed by atoms with E-state index in [1.165, 1.54) is 6.08 Å². The lowest BCUT2D eigenvalue weighted by molar-refractivity contribution is -0.156. The summed E-state index contributed by atoms with van der Waals surface area (Å²) in [6, 6.07) is 0. The van der Waals surface area contributed by atoms with Gasteiger partial charge in [0, 0.05) is 39.1 Å². The van der Waals surface area contributed by atoms with Crippen molar-refractivity contribution in [3.8, 4) is 0 Å². The third-order valence-corrected chi connectivity index (χ3v) is 8.71. The van der Waals surface area contributed by atoms with Crippen molar-refractivity contribution in [2.24, 2.45) is 15.0 Å². The third-order valence-electron chi connectivity index (χ3n) is 8.71. The first kappa shape index (κ1) is 29.5. The third kappa shape index (κ3) is 4.10. The lowest BCUT2D eigenvalue weighted by Crippen LogP contribution is -2.43. The average Bonchev–Trinajstić information content (AvgIpc) is 3.72. The number of carboxylic acid groups (broad SMARTS) is 1. The van der Waals surface area contributed by atoms with E-state index >= 15 is 0 Å². The number of fused-ring (bicyclic) bond motifs is 5. The van der Waals surface area contributed by atoms with E-state index < -0.39 is 23.3 Å². The van der Waals surface area contributed by atoms with Crippen molar-refractivity contribution in [2.45, 2.75) is 33.3 Å². The number of allylic oxidation sites excluding steroid dienone is 7. The molecule has 0 fully saturated rings. The van der Waals surface area contributed by atoms with Crippen LogP contribution < -0.4 is 10.7 Å². The van der Waals surface area contributed by atoms with Crippen LogP contribution >= 0.6 is 0 Å². The molecule has 0 spiro atoms. The average molecular weight is 603 g/mol. The highest BCUT2D eigenvalue weighted by molar-refractivity contribution is 6.29. The predicted molar refractivity (Wildman–Crippen MR) is 173 cm³/mol. The Morgan fingerprint density at radius 1 is 0.933 bits per heavy atom. The Morgan fingerprint density at radius 3 is 2.24 bits per heavy atom. The molecule has 4 N–H and O–H groups in total. The highest BCUT2D eigenvalue weighted by Gasteiger charge is 2.58. The number of carboxylic acids is 1. The molecule has 1 aromatic rings. The number of aliphatic carboxylic acids is 1. The summed E-state index contributed by atoms with van der Waals surface area (Å²) < 4.78 is 4.97. The van der Waals surface area contributed by atoms with Crippen LogP contribution in [0.2, 0.25) is 0 Å². The number of aliphatic imine (C=N–C) groups is 3. The number of ether oxygens (including phenoxy) is 1. The summed E-state index contributed by atoms with van der Waals surface area (Å²) >= 11 is 0. The molecule has 10 heteroatoms. The minimum Gasteiger partial charge on any atom is -0.507 e. The number of aromatic nitrogens is 1. The number of carbonyl (C=O) groups is 2. The van der Waals surface area contributed by atoms with Gasteiger partial charge in [0.1, 0.15) is 0 Å². The fraction of sp³-hybridized carbons (Fsp3) is 0.171. The minimum atomic E-state index is -2.66. The predicted octanol–water partition coefficient (Wildman–Crippen LogP) is 3.51. The number of carbonyl (C=O) groups excluding carboxylic acids is 1. The maximum atomic E-state index is 13.3. The smallest absolute Gasteiger partial charge is 0.350 e. The van der Waals surface area contributed by atoms with Crippen molar-refractivity contribution in [3.63, 3.8) is 0 Å². The van der Waals surface area contributed by atoms with Crippen LogP contribution in [-0.2, 0) is 14.3 Å². The number of nitrogens with one attached hydrogen (secondary N) is 1. The number of nitrogens with zero attached hydrogens (tertiary/aromatic N) is 3. The van der Waals surface area contributed by atoms with Crippen LogP contribution in [-0.4, -0.2) is 62.1 Å². The lowest BCUT2D eigenvalue weighted by atomic mass is 9.90. The highest BCUT2D eigenvalue weighted by Crippen LogP contribution is 2.49. The SMILES string of the molecule is C=CC1=C(C)C2=NC1=CC1=C(C)C3=C(O)C(O)(C(=O)OC)C(=C4N=C(C=c5[nH]c(c(C=C)c5C)=C2)C(C)=C4C=CC(=O)O)C3=N1. The topological polar surface area (TPSA) is 157 Å². The second-order valence-corrected chi connectivity index (χ2v) is 11.1. The Hall–Kier alpha value is -5.61. The number of aliphatic hydroxyl groups excluding tert-OH is 1. The van der Waals surface area contributed by atoms with Gasteiger partial charge in [-0.15, -0.1) is 0 Å². The molecule has 5 aliphatic rings. The molecular formula is C35H30N4O6. The van der Waals surface area contributed by atoms with E-state index in [9.17, 15) is 24.9 Å². The quantitative estimate of drug-likeness (QED) is 0.299. The van der Waals surface area contributed by atoms with Gasteiger partial charge in [-0.05, 0) is 74.3 Å². The van der Waals surface area contributed by atoms with Gasteiger partial charge < -0.3 is 25.0 Å². The van der Waals surface area contributed by atoms with Gasteiger partial charge in [0.05, 0.1) is 46.9 Å². The number of aromatic amines is 1. The Labute approximate surface area is 258 Å². The summed E-state index contributed by atoms with van der Waals surface area (Å²) in [5.74, 6) is -3.01. The molecular weight excluding hydrogens is 572 g/mol. The first-order valence-electron chi connectivity index (χ1n) is 14.1. The molecule has 226 valence electrons. The van der Waals surface area contributed by atoms with Gasteiger partial charge >= 0.3 is 11.9 Å². The molecule has 5 heterocycles. The van der Waals surface area contributed by atoms with Crippen LogP contribution in [0.15, 0.2) is 114 Å². The second kappa shape index (κ2) is 10.2. The zero-order valence-corrected chi connectivity index (χ0v) is 25.4. The van der Waals surface area contributed by atoms with E-state index in [0.29, 0.717) is 44.9 Å². The van der Waals surface area contributed by atoms with Crippen molar-refractivity contribution in [3.05, 3.63) is 121 Å². The molecule has 8 bridgehead atoms. The molecule has 45 heavy (non-hydrogen) atoms. The summed E-state index contributed by atoms with van der Waals surface area (Å²) in [5, 5.41) is 34.5. The van der Waals surface area contributed by atoms with E-state index in [1.54, 1.807) is 38.2 Å². The molecule has 0 amide bonds. The second-order valence-electron chi connectivity index (χ2n) is 11.1. The van der Waals surface area contributed by atoms with Crippen molar-refractivity contribution in [1.82, 2.24) is 4.98 Å². The van der Waals surface area contributed by atoms with E-state index in [0.717, 1.165) is 40.8 Å². The van der Waals surface area contributed by atoms with Gasteiger partial charge in [0.25, 0.3) is 0 Å². The van der Waals surface area contributed by atoms with Gasteiger partial charge in [-0.3, -0.25) is 0 Å². The van der Waals surface area contributed by atoms with E-state index in [4.69, 9.17) is 19.7 Å². The zero-order chi connectivity index (χ0) is 32.5. The van der Waals surface area contributed by atoms with Crippen LogP contribution in [0.5, 0.6) is 0 Å². The molecule has 10 nitrogen and oxygen atoms in total. The summed E-state index contributed by atoms with van der Waals surface area (Å²) in [6.45, 7) is 15.4. The van der Waals surface area contributed by atoms with Crippen molar-refractivity contribution < 1.29 is 29.6 Å². The Morgan fingerprint density at radius 2 is 1.60 bits per heavy atom. The van der Waals surface area contributed by atoms with Crippen LogP contribution in [0.1, 0.15) is 31.9 Å². The van der Waals surface area contributed by atoms with E-state index in [1.807, 2.05) is 19.9 Å². The molecule has 1 unspecified atom stereocenters. The molecule has 4 aliphatic heterocycles. The molecule has 1 aliphatic carbocycles. The van der Waals surface area contributed by atoms with Crippen LogP contribution in [0.3, 0.4) is 0 Å². The van der Waals surface area contributed by atoms with Gasteiger partial charge in [0.2, 0.25) is 5.60 Å². The number of rotatable bonds is 5. The molecule has 0 saturated heterocycles. The monoisotopic (exact) mass is 602 g/mol. The lowest BCUT2D eigenvalue weighted by Gasteiger charge is -2.23. The fourth-order valence-corrected chi connectivity index (χ4v) is 6.24. The minimum absolute atomic E-state index is 0.0712. The fourth-order valence-electron chi connectivity index (χ4n) is 6.24. The van der Waals surface area contributed by atoms with Crippen LogP contribution in [0.4, 0.5) is 0 Å². The number of methoxy groups -OCH3 is 1. The van der Waals surface area contributed by atoms with Crippen molar-refractivity contribution in [1.29, 1.82) is 0 Å². The summed E-state index contributed by atoms with van der Waals surface area (Å²) in [5.41, 5.74) is 4.58. The Kier molecular flexibility index (Phi) is 6.71. The maximum Gasteiger partial charge on any atom is 0.350 e. The Balaban J connectivity index is 1.81. The standard InChI is InChI=1S/C35H30N4O6/c1-8-19-15(3)22-12-24-17(5)21(10-11-28(40)41)31(38-24)30-32-29(33(42)35(30,44)34(43)45-7)18(6)25(39-32)14-27-20(9-2)16(4)23(37-27)13-26(19)36-22/h8-14,36,42,44H,1-2H2,3-7H3,(H,40,41). The maximum absolute atomic E-state index is 13.3. The molecule has 0 aromatic carbocycles. The van der Waals surface area contributed by atoms with E-state index in [2.05, 4.69) is 18.1 Å². The summed E-state index contributed by atoms with van der Waals surface area (Å²) in [6.07, 6.45) is 11.3. The van der Waals surface area contributed by atoms with Crippen molar-refractivity contribution in [2.75, 3.05) is 7.11 Å². The molecule has 1 aromatic heterocycles. The van der Waals surface area contributed by atoms with Gasteiger partial charge in [-0.2, -0.15) is 0 Å². The van der Waals surface area contributed by atoms with Gasteiger partial charge in [0.15, 0.2) is 5.76 Å². The Bertz CT molecular complexity index is 2170. The highest BCUT2D eigenvalue weighted by atomic mass is 16.5. The van der Waals surface area contributed by atoms with E-state index in [-0.39, 0.29) is 22.6 Å².